The van der Waals surface area contributed by atoms with E-state index in [1.54, 1.807) is 0 Å². The third kappa shape index (κ3) is 6.67. The molecular weight excluding hydrogens is 448 g/mol. The summed E-state index contributed by atoms with van der Waals surface area (Å²) < 4.78 is 5.67. The first-order valence-corrected chi connectivity index (χ1v) is 12.1. The number of urea groups is 1. The lowest BCUT2D eigenvalue weighted by Gasteiger charge is -2.38. The minimum atomic E-state index is -0.250. The Morgan fingerprint density at radius 2 is 1.97 bits per heavy atom. The molecule has 1 atom stereocenters. The summed E-state index contributed by atoms with van der Waals surface area (Å²) in [5.74, 6) is 1.78. The first kappa shape index (κ1) is 26.4. The van der Waals surface area contributed by atoms with Crippen molar-refractivity contribution in [3.05, 3.63) is 35.5 Å². The predicted octanol–water partition coefficient (Wildman–Crippen LogP) is 2.98. The van der Waals surface area contributed by atoms with Crippen LogP contribution in [0.25, 0.3) is 11.4 Å². The Balaban J connectivity index is 0.00000108. The third-order valence-electron chi connectivity index (χ3n) is 6.18. The Morgan fingerprint density at radius 3 is 2.60 bits per heavy atom. The van der Waals surface area contributed by atoms with Gasteiger partial charge in [-0.05, 0) is 58.4 Å². The number of nitrogens with one attached hydrogen (secondary N) is 2. The molecule has 4 rings (SSSR count). The number of aromatic nitrogens is 2. The quantitative estimate of drug-likeness (QED) is 0.554. The van der Waals surface area contributed by atoms with E-state index in [0.717, 1.165) is 61.2 Å². The number of carbonyl (C=O) groups is 2. The van der Waals surface area contributed by atoms with E-state index in [-0.39, 0.29) is 18.5 Å². The number of ether oxygens (including phenoxy) is 1. The van der Waals surface area contributed by atoms with Crippen molar-refractivity contribution in [2.75, 3.05) is 43.1 Å². The molecule has 1 fully saturated rings. The zero-order chi connectivity index (χ0) is 25.4. The molecule has 10 nitrogen and oxygen atoms in total. The molecule has 3 heterocycles. The lowest BCUT2D eigenvalue weighted by molar-refractivity contribution is -0.122. The van der Waals surface area contributed by atoms with E-state index in [1.807, 2.05) is 31.2 Å². The summed E-state index contributed by atoms with van der Waals surface area (Å²) >= 11 is 0. The molecule has 2 aromatic rings. The summed E-state index contributed by atoms with van der Waals surface area (Å²) in [6.45, 7) is 13.0. The molecule has 1 aromatic heterocycles. The Bertz CT molecular complexity index is 998. The first-order valence-electron chi connectivity index (χ1n) is 12.1. The van der Waals surface area contributed by atoms with Crippen molar-refractivity contribution in [1.29, 1.82) is 0 Å². The molecule has 1 saturated heterocycles. The van der Waals surface area contributed by atoms with Crippen LogP contribution in [0.2, 0.25) is 0 Å². The average Bonchev–Trinajstić information content (AvgIpc) is 2.84. The molecule has 190 valence electrons. The van der Waals surface area contributed by atoms with Crippen LogP contribution in [0.3, 0.4) is 0 Å². The fourth-order valence-corrected chi connectivity index (χ4v) is 4.32. The monoisotopic (exact) mass is 484 g/mol. The summed E-state index contributed by atoms with van der Waals surface area (Å²) in [6, 6.07) is 8.28. The van der Waals surface area contributed by atoms with Gasteiger partial charge in [-0.1, -0.05) is 0 Å². The molecule has 0 spiro atoms. The van der Waals surface area contributed by atoms with Crippen LogP contribution < -0.4 is 15.5 Å². The highest BCUT2D eigenvalue weighted by molar-refractivity contribution is 5.89. The van der Waals surface area contributed by atoms with Gasteiger partial charge < -0.3 is 25.4 Å². The van der Waals surface area contributed by atoms with E-state index in [0.29, 0.717) is 19.2 Å². The van der Waals surface area contributed by atoms with Crippen molar-refractivity contribution in [3.63, 3.8) is 0 Å². The van der Waals surface area contributed by atoms with Crippen molar-refractivity contribution in [1.82, 2.24) is 20.2 Å². The minimum Gasteiger partial charge on any atom is -0.483 e. The Labute approximate surface area is 206 Å². The van der Waals surface area contributed by atoms with Crippen molar-refractivity contribution in [2.45, 2.75) is 52.7 Å². The summed E-state index contributed by atoms with van der Waals surface area (Å²) in [5.41, 5.74) is 4.07. The number of nitrogens with zero attached hydrogens (tertiary/aromatic N) is 4. The number of fused-ring (bicyclic) bond motifs is 1. The number of benzene rings is 1. The Hall–Kier alpha value is -3.24. The van der Waals surface area contributed by atoms with Crippen LogP contribution in [0.5, 0.6) is 0 Å². The SMILES string of the molecule is CCNC(=O)Nc1ccc(-c2nc3c(c(N4CCOC[C@@H]4C)n2)CCN(C(C)C)C3)cc1.O=CO. The van der Waals surface area contributed by atoms with E-state index < -0.39 is 0 Å². The largest absolute Gasteiger partial charge is 0.483 e. The number of anilines is 2. The van der Waals surface area contributed by atoms with Crippen LogP contribution in [0, 0.1) is 0 Å². The lowest BCUT2D eigenvalue weighted by atomic mass is 10.0. The van der Waals surface area contributed by atoms with Gasteiger partial charge in [0.25, 0.3) is 6.47 Å². The number of carboxylic acid groups (broad SMARTS) is 1. The van der Waals surface area contributed by atoms with Gasteiger partial charge in [0.2, 0.25) is 0 Å². The molecule has 10 heteroatoms. The van der Waals surface area contributed by atoms with Gasteiger partial charge >= 0.3 is 6.03 Å². The highest BCUT2D eigenvalue weighted by atomic mass is 16.5. The summed E-state index contributed by atoms with van der Waals surface area (Å²) in [5, 5.41) is 12.5. The highest BCUT2D eigenvalue weighted by Gasteiger charge is 2.29. The fourth-order valence-electron chi connectivity index (χ4n) is 4.32. The number of carbonyl (C=O) groups excluding carboxylic acids is 1. The van der Waals surface area contributed by atoms with Gasteiger partial charge in [0.15, 0.2) is 5.82 Å². The molecule has 0 aliphatic carbocycles. The minimum absolute atomic E-state index is 0.206. The van der Waals surface area contributed by atoms with Crippen molar-refractivity contribution in [2.24, 2.45) is 0 Å². The van der Waals surface area contributed by atoms with Crippen LogP contribution in [-0.2, 0) is 22.5 Å². The molecule has 0 saturated carbocycles. The molecular formula is C25H36N6O4. The van der Waals surface area contributed by atoms with Crippen LogP contribution >= 0.6 is 0 Å². The number of amides is 2. The molecule has 0 bridgehead atoms. The predicted molar refractivity (Wildman–Crippen MR) is 136 cm³/mol. The second-order valence-electron chi connectivity index (χ2n) is 8.89. The van der Waals surface area contributed by atoms with E-state index in [4.69, 9.17) is 24.6 Å². The lowest BCUT2D eigenvalue weighted by Crippen LogP contribution is -2.45. The van der Waals surface area contributed by atoms with Gasteiger partial charge in [0.1, 0.15) is 5.82 Å². The van der Waals surface area contributed by atoms with E-state index in [9.17, 15) is 4.79 Å². The van der Waals surface area contributed by atoms with Gasteiger partial charge in [0, 0.05) is 49.0 Å². The van der Waals surface area contributed by atoms with Gasteiger partial charge in [-0.2, -0.15) is 0 Å². The molecule has 1 aromatic carbocycles. The van der Waals surface area contributed by atoms with Gasteiger partial charge in [-0.15, -0.1) is 0 Å². The van der Waals surface area contributed by atoms with Crippen LogP contribution in [0.15, 0.2) is 24.3 Å². The molecule has 3 N–H and O–H groups in total. The fraction of sp³-hybridized carbons (Fsp3) is 0.520. The highest BCUT2D eigenvalue weighted by Crippen LogP contribution is 2.32. The van der Waals surface area contributed by atoms with E-state index in [1.165, 1.54) is 5.56 Å². The van der Waals surface area contributed by atoms with E-state index in [2.05, 4.69) is 41.2 Å². The smallest absolute Gasteiger partial charge is 0.319 e. The van der Waals surface area contributed by atoms with Gasteiger partial charge in [-0.25, -0.2) is 14.8 Å². The van der Waals surface area contributed by atoms with Gasteiger partial charge in [-0.3, -0.25) is 9.69 Å². The molecule has 0 unspecified atom stereocenters. The van der Waals surface area contributed by atoms with Crippen LogP contribution in [-0.4, -0.2) is 77.4 Å². The second-order valence-corrected chi connectivity index (χ2v) is 8.89. The molecule has 2 amide bonds. The van der Waals surface area contributed by atoms with Gasteiger partial charge in [0.05, 0.1) is 24.9 Å². The maximum absolute atomic E-state index is 11.8. The molecule has 2 aliphatic rings. The first-order chi connectivity index (χ1) is 16.9. The summed E-state index contributed by atoms with van der Waals surface area (Å²) in [7, 11) is 0. The second kappa shape index (κ2) is 12.5. The maximum atomic E-state index is 11.8. The standard InChI is InChI=1S/C24H34N6O2.CH2O2/c1-5-25-24(31)26-19-8-6-18(7-9-19)22-27-21-14-29(16(2)3)11-10-20(21)23(28-22)30-12-13-32-15-17(30)4;2-1-3/h6-9,16-17H,5,10-15H2,1-4H3,(H2,25,26,31);1H,(H,2,3)/t17-;/m0./s1. The topological polar surface area (TPSA) is 120 Å². The maximum Gasteiger partial charge on any atom is 0.319 e. The number of rotatable bonds is 5. The number of hydrogen-bond acceptors (Lipinski definition) is 7. The van der Waals surface area contributed by atoms with Crippen molar-refractivity contribution >= 4 is 24.0 Å². The number of hydrogen-bond donors (Lipinski definition) is 3. The molecule has 2 aliphatic heterocycles. The molecule has 35 heavy (non-hydrogen) atoms. The molecule has 0 radical (unpaired) electrons. The number of morpholine rings is 1. The third-order valence-corrected chi connectivity index (χ3v) is 6.18. The van der Waals surface area contributed by atoms with Crippen LogP contribution in [0.1, 0.15) is 39.0 Å². The van der Waals surface area contributed by atoms with E-state index >= 15 is 0 Å². The van der Waals surface area contributed by atoms with Crippen molar-refractivity contribution < 1.29 is 19.4 Å². The zero-order valence-electron chi connectivity index (χ0n) is 21.0. The average molecular weight is 485 g/mol. The van der Waals surface area contributed by atoms with Crippen LogP contribution in [0.4, 0.5) is 16.3 Å². The zero-order valence-corrected chi connectivity index (χ0v) is 21.0. The van der Waals surface area contributed by atoms with Crippen molar-refractivity contribution in [3.8, 4) is 11.4 Å². The summed E-state index contributed by atoms with van der Waals surface area (Å²) in [6.07, 6.45) is 0.961. The Kier molecular flexibility index (Phi) is 9.39. The summed E-state index contributed by atoms with van der Waals surface area (Å²) in [4.78, 5) is 35.1. The normalized spacial score (nSPS) is 17.7. The Morgan fingerprint density at radius 1 is 1.26 bits per heavy atom.